The van der Waals surface area contributed by atoms with Crippen molar-refractivity contribution in [2.45, 2.75) is 44.5 Å². The van der Waals surface area contributed by atoms with Gasteiger partial charge in [0.2, 0.25) is 0 Å². The number of rotatable bonds is 6. The molecule has 3 N–H and O–H groups in total. The molecule has 1 aromatic heterocycles. The van der Waals surface area contributed by atoms with Crippen LogP contribution >= 0.6 is 0 Å². The van der Waals surface area contributed by atoms with Gasteiger partial charge in [-0.25, -0.2) is 0 Å². The monoisotopic (exact) mass is 239 g/mol. The molecule has 1 aromatic rings. The van der Waals surface area contributed by atoms with Crippen LogP contribution in [0.3, 0.4) is 0 Å². The number of nitrogens with zero attached hydrogens (tertiary/aromatic N) is 3. The van der Waals surface area contributed by atoms with Crippen LogP contribution in [0.15, 0.2) is 6.20 Å². The zero-order valence-corrected chi connectivity index (χ0v) is 10.3. The van der Waals surface area contributed by atoms with Crippen LogP contribution < -0.4 is 11.1 Å². The molecule has 17 heavy (non-hydrogen) atoms. The fourth-order valence-corrected chi connectivity index (χ4v) is 2.34. The van der Waals surface area contributed by atoms with E-state index in [1.807, 2.05) is 6.20 Å². The lowest BCUT2D eigenvalue weighted by molar-refractivity contribution is 0.0846. The molecule has 2 atom stereocenters. The molecule has 0 aromatic carbocycles. The van der Waals surface area contributed by atoms with E-state index in [0.717, 1.165) is 25.2 Å². The highest BCUT2D eigenvalue weighted by Crippen LogP contribution is 2.21. The van der Waals surface area contributed by atoms with Gasteiger partial charge in [0.15, 0.2) is 0 Å². The average Bonchev–Trinajstić information content (AvgIpc) is 2.95. The Labute approximate surface area is 102 Å². The molecule has 96 valence electrons. The van der Waals surface area contributed by atoms with Gasteiger partial charge < -0.3 is 15.8 Å². The smallest absolute Gasteiger partial charge is 0.0964 e. The summed E-state index contributed by atoms with van der Waals surface area (Å²) in [6.07, 6.45) is 5.84. The summed E-state index contributed by atoms with van der Waals surface area (Å²) in [5, 5.41) is 11.6. The second-order valence-electron chi connectivity index (χ2n) is 4.45. The second kappa shape index (κ2) is 6.09. The van der Waals surface area contributed by atoms with Gasteiger partial charge in [-0.3, -0.25) is 4.68 Å². The van der Waals surface area contributed by atoms with Crippen molar-refractivity contribution in [2.75, 3.05) is 13.7 Å². The lowest BCUT2D eigenvalue weighted by Crippen LogP contribution is -2.36. The molecule has 0 saturated heterocycles. The van der Waals surface area contributed by atoms with Gasteiger partial charge in [-0.1, -0.05) is 5.21 Å². The van der Waals surface area contributed by atoms with Crippen molar-refractivity contribution in [3.8, 4) is 0 Å². The van der Waals surface area contributed by atoms with Crippen molar-refractivity contribution in [1.82, 2.24) is 20.3 Å². The Kier molecular flexibility index (Phi) is 4.47. The number of hydrogen-bond donors (Lipinski definition) is 2. The quantitative estimate of drug-likeness (QED) is 0.724. The molecule has 1 aliphatic rings. The minimum absolute atomic E-state index is 0.342. The molecule has 1 heterocycles. The predicted molar refractivity (Wildman–Crippen MR) is 64.4 cm³/mol. The normalized spacial score (nSPS) is 24.4. The van der Waals surface area contributed by atoms with E-state index in [0.29, 0.717) is 18.7 Å². The SMILES string of the molecule is COC1CCCC1NCc1cn(CCN)nn1. The molecule has 1 saturated carbocycles. The Morgan fingerprint density at radius 1 is 1.59 bits per heavy atom. The minimum atomic E-state index is 0.342. The van der Waals surface area contributed by atoms with Gasteiger partial charge in [-0.15, -0.1) is 5.10 Å². The molecule has 0 aliphatic heterocycles. The van der Waals surface area contributed by atoms with Crippen molar-refractivity contribution in [3.63, 3.8) is 0 Å². The van der Waals surface area contributed by atoms with Crippen molar-refractivity contribution in [1.29, 1.82) is 0 Å². The van der Waals surface area contributed by atoms with Crippen LogP contribution in [0.25, 0.3) is 0 Å². The molecule has 2 rings (SSSR count). The first-order chi connectivity index (χ1) is 8.33. The standard InChI is InChI=1S/C11H21N5O/c1-17-11-4-2-3-10(11)13-7-9-8-16(6-5-12)15-14-9/h8,10-11,13H,2-7,12H2,1H3. The first-order valence-corrected chi connectivity index (χ1v) is 6.18. The third kappa shape index (κ3) is 3.24. The molecule has 1 aliphatic carbocycles. The van der Waals surface area contributed by atoms with E-state index in [2.05, 4.69) is 15.6 Å². The molecule has 0 spiro atoms. The third-order valence-electron chi connectivity index (χ3n) is 3.24. The van der Waals surface area contributed by atoms with Crippen LogP contribution in [0, 0.1) is 0 Å². The molecule has 2 unspecified atom stereocenters. The summed E-state index contributed by atoms with van der Waals surface area (Å²) in [4.78, 5) is 0. The fraction of sp³-hybridized carbons (Fsp3) is 0.818. The average molecular weight is 239 g/mol. The number of methoxy groups -OCH3 is 1. The van der Waals surface area contributed by atoms with Crippen molar-refractivity contribution >= 4 is 0 Å². The highest BCUT2D eigenvalue weighted by molar-refractivity contribution is 4.94. The Morgan fingerprint density at radius 3 is 3.24 bits per heavy atom. The molecule has 1 fully saturated rings. The molecule has 6 heteroatoms. The number of nitrogens with two attached hydrogens (primary N) is 1. The van der Waals surface area contributed by atoms with Crippen molar-refractivity contribution < 1.29 is 4.74 Å². The van der Waals surface area contributed by atoms with Gasteiger partial charge in [-0.2, -0.15) is 0 Å². The third-order valence-corrected chi connectivity index (χ3v) is 3.24. The molecular formula is C11H21N5O. The van der Waals surface area contributed by atoms with E-state index < -0.39 is 0 Å². The Bertz CT molecular complexity index is 340. The summed E-state index contributed by atoms with van der Waals surface area (Å²) < 4.78 is 7.21. The first-order valence-electron chi connectivity index (χ1n) is 6.18. The first kappa shape index (κ1) is 12.5. The minimum Gasteiger partial charge on any atom is -0.380 e. The maximum Gasteiger partial charge on any atom is 0.0964 e. The summed E-state index contributed by atoms with van der Waals surface area (Å²) in [5.41, 5.74) is 6.42. The van der Waals surface area contributed by atoms with E-state index in [1.54, 1.807) is 11.8 Å². The van der Waals surface area contributed by atoms with E-state index in [1.165, 1.54) is 12.8 Å². The zero-order chi connectivity index (χ0) is 12.1. The number of hydrogen-bond acceptors (Lipinski definition) is 5. The number of aromatic nitrogens is 3. The van der Waals surface area contributed by atoms with Crippen molar-refractivity contribution in [3.05, 3.63) is 11.9 Å². The summed E-state index contributed by atoms with van der Waals surface area (Å²) in [6, 6.07) is 0.444. The van der Waals surface area contributed by atoms with Crippen LogP contribution in [0.1, 0.15) is 25.0 Å². The van der Waals surface area contributed by atoms with Gasteiger partial charge >= 0.3 is 0 Å². The summed E-state index contributed by atoms with van der Waals surface area (Å²) in [5.74, 6) is 0. The Morgan fingerprint density at radius 2 is 2.47 bits per heavy atom. The van der Waals surface area contributed by atoms with Gasteiger partial charge in [0.05, 0.1) is 18.3 Å². The van der Waals surface area contributed by atoms with Crippen LogP contribution in [0.2, 0.25) is 0 Å². The maximum absolute atomic E-state index is 5.46. The van der Waals surface area contributed by atoms with Crippen LogP contribution in [-0.4, -0.2) is 40.8 Å². The highest BCUT2D eigenvalue weighted by atomic mass is 16.5. The largest absolute Gasteiger partial charge is 0.380 e. The van der Waals surface area contributed by atoms with Gasteiger partial charge in [0.1, 0.15) is 0 Å². The molecular weight excluding hydrogens is 218 g/mol. The second-order valence-corrected chi connectivity index (χ2v) is 4.45. The van der Waals surface area contributed by atoms with Crippen molar-refractivity contribution in [2.24, 2.45) is 5.73 Å². The highest BCUT2D eigenvalue weighted by Gasteiger charge is 2.26. The molecule has 0 radical (unpaired) electrons. The van der Waals surface area contributed by atoms with E-state index in [4.69, 9.17) is 10.5 Å². The lowest BCUT2D eigenvalue weighted by Gasteiger charge is -2.18. The maximum atomic E-state index is 5.46. The number of ether oxygens (including phenoxy) is 1. The van der Waals surface area contributed by atoms with Crippen LogP contribution in [-0.2, 0) is 17.8 Å². The molecule has 0 amide bonds. The summed E-state index contributed by atoms with van der Waals surface area (Å²) in [6.45, 7) is 2.05. The fourth-order valence-electron chi connectivity index (χ4n) is 2.34. The van der Waals surface area contributed by atoms with Crippen LogP contribution in [0.5, 0.6) is 0 Å². The molecule has 6 nitrogen and oxygen atoms in total. The Hall–Kier alpha value is -0.980. The van der Waals surface area contributed by atoms with Gasteiger partial charge in [0.25, 0.3) is 0 Å². The lowest BCUT2D eigenvalue weighted by atomic mass is 10.2. The molecule has 0 bridgehead atoms. The van der Waals surface area contributed by atoms with E-state index >= 15 is 0 Å². The van der Waals surface area contributed by atoms with Gasteiger partial charge in [0, 0.05) is 32.4 Å². The topological polar surface area (TPSA) is 78.0 Å². The van der Waals surface area contributed by atoms with E-state index in [9.17, 15) is 0 Å². The summed E-state index contributed by atoms with van der Waals surface area (Å²) in [7, 11) is 1.78. The predicted octanol–water partition coefficient (Wildman–Crippen LogP) is -0.106. The Balaban J connectivity index is 1.80. The summed E-state index contributed by atoms with van der Waals surface area (Å²) >= 11 is 0. The number of nitrogens with one attached hydrogen (secondary N) is 1. The van der Waals surface area contributed by atoms with Gasteiger partial charge in [-0.05, 0) is 19.3 Å². The van der Waals surface area contributed by atoms with E-state index in [-0.39, 0.29) is 0 Å². The van der Waals surface area contributed by atoms with Crippen LogP contribution in [0.4, 0.5) is 0 Å². The zero-order valence-electron chi connectivity index (χ0n) is 10.3.